The summed E-state index contributed by atoms with van der Waals surface area (Å²) in [6.07, 6.45) is 0. The maximum atomic E-state index is 12.6. The van der Waals surface area contributed by atoms with Crippen LogP contribution in [0.1, 0.15) is 50.8 Å². The number of furan rings is 1. The van der Waals surface area contributed by atoms with Gasteiger partial charge in [-0.15, -0.1) is 0 Å². The summed E-state index contributed by atoms with van der Waals surface area (Å²) >= 11 is 0. The van der Waals surface area contributed by atoms with E-state index in [1.807, 2.05) is 0 Å². The molecule has 1 aliphatic heterocycles. The molecule has 0 bridgehead atoms. The van der Waals surface area contributed by atoms with E-state index in [1.165, 1.54) is 0 Å². The lowest BCUT2D eigenvalue weighted by Gasteiger charge is -2.31. The molecule has 4 rings (SSSR count). The first-order valence-electron chi connectivity index (χ1n) is 7.93. The lowest BCUT2D eigenvalue weighted by Crippen LogP contribution is -2.44. The molecule has 1 aromatic carbocycles. The summed E-state index contributed by atoms with van der Waals surface area (Å²) in [7, 11) is 0. The molecule has 2 heterocycles. The predicted octanol–water partition coefficient (Wildman–Crippen LogP) is 2.02. The summed E-state index contributed by atoms with van der Waals surface area (Å²) in [5, 5.41) is 3.32. The summed E-state index contributed by atoms with van der Waals surface area (Å²) in [6, 6.07) is 8.72. The van der Waals surface area contributed by atoms with Crippen LogP contribution in [0.15, 0.2) is 34.7 Å². The van der Waals surface area contributed by atoms with Gasteiger partial charge in [0.25, 0.3) is 0 Å². The highest BCUT2D eigenvalue weighted by atomic mass is 16.4. The van der Waals surface area contributed by atoms with E-state index in [2.05, 4.69) is 17.1 Å². The number of ketones is 2. The van der Waals surface area contributed by atoms with Gasteiger partial charge in [-0.25, -0.2) is 0 Å². The number of carbonyl (C=O) groups excluding carboxylic acids is 2. The van der Waals surface area contributed by atoms with Gasteiger partial charge in [-0.2, -0.15) is 0 Å². The Labute approximate surface area is 134 Å². The van der Waals surface area contributed by atoms with Crippen LogP contribution >= 0.6 is 0 Å². The van der Waals surface area contributed by atoms with Gasteiger partial charge >= 0.3 is 0 Å². The Morgan fingerprint density at radius 3 is 2.39 bits per heavy atom. The molecule has 1 saturated heterocycles. The number of nitrogens with zero attached hydrogens (tertiary/aromatic N) is 1. The highest BCUT2D eigenvalue weighted by molar-refractivity contribution is 6.27. The Kier molecular flexibility index (Phi) is 3.39. The molecule has 0 amide bonds. The first kappa shape index (κ1) is 14.4. The van der Waals surface area contributed by atoms with E-state index in [0.717, 1.165) is 26.2 Å². The van der Waals surface area contributed by atoms with Crippen molar-refractivity contribution in [3.63, 3.8) is 0 Å². The number of rotatable bonds is 2. The summed E-state index contributed by atoms with van der Waals surface area (Å²) in [5.74, 6) is 0.545. The molecule has 0 radical (unpaired) electrons. The van der Waals surface area contributed by atoms with E-state index in [4.69, 9.17) is 4.42 Å². The molecular weight excluding hydrogens is 292 g/mol. The highest BCUT2D eigenvalue weighted by Crippen LogP contribution is 2.33. The molecule has 118 valence electrons. The van der Waals surface area contributed by atoms with Crippen LogP contribution in [0.2, 0.25) is 0 Å². The Bertz CT molecular complexity index is 735. The van der Waals surface area contributed by atoms with Gasteiger partial charge in [0, 0.05) is 37.3 Å². The zero-order chi connectivity index (χ0) is 16.0. The second kappa shape index (κ2) is 5.44. The number of hydrogen-bond donors (Lipinski definition) is 1. The Morgan fingerprint density at radius 2 is 1.70 bits per heavy atom. The number of piperazine rings is 1. The number of nitrogens with one attached hydrogen (secondary N) is 1. The Hall–Kier alpha value is -2.24. The maximum Gasteiger partial charge on any atom is 0.229 e. The van der Waals surface area contributed by atoms with Crippen LogP contribution in [-0.2, 0) is 0 Å². The molecule has 1 unspecified atom stereocenters. The Morgan fingerprint density at radius 1 is 1.04 bits per heavy atom. The quantitative estimate of drug-likeness (QED) is 0.784. The van der Waals surface area contributed by atoms with Gasteiger partial charge in [0.2, 0.25) is 5.78 Å². The molecule has 0 spiro atoms. The van der Waals surface area contributed by atoms with Gasteiger partial charge in [0.1, 0.15) is 5.76 Å². The fraction of sp³-hybridized carbons (Fsp3) is 0.333. The van der Waals surface area contributed by atoms with Crippen molar-refractivity contribution in [2.45, 2.75) is 13.0 Å². The second-order valence-electron chi connectivity index (χ2n) is 6.06. The molecule has 5 heteroatoms. The summed E-state index contributed by atoms with van der Waals surface area (Å²) < 4.78 is 5.83. The van der Waals surface area contributed by atoms with Crippen molar-refractivity contribution in [2.75, 3.05) is 26.2 Å². The molecule has 0 saturated carbocycles. The van der Waals surface area contributed by atoms with Crippen LogP contribution in [0.5, 0.6) is 0 Å². The van der Waals surface area contributed by atoms with E-state index < -0.39 is 0 Å². The van der Waals surface area contributed by atoms with E-state index in [1.54, 1.807) is 30.3 Å². The third kappa shape index (κ3) is 2.24. The largest absolute Gasteiger partial charge is 0.455 e. The monoisotopic (exact) mass is 310 g/mol. The molecule has 2 aromatic rings. The van der Waals surface area contributed by atoms with E-state index in [0.29, 0.717) is 22.5 Å². The molecule has 1 N–H and O–H groups in total. The van der Waals surface area contributed by atoms with Crippen molar-refractivity contribution in [1.82, 2.24) is 10.2 Å². The Balaban J connectivity index is 1.72. The molecule has 2 aliphatic rings. The molecule has 23 heavy (non-hydrogen) atoms. The normalized spacial score (nSPS) is 19.3. The lowest BCUT2D eigenvalue weighted by molar-refractivity contribution is 0.0955. The first-order valence-corrected chi connectivity index (χ1v) is 7.93. The van der Waals surface area contributed by atoms with Gasteiger partial charge in [0.15, 0.2) is 11.5 Å². The van der Waals surface area contributed by atoms with Gasteiger partial charge in [-0.3, -0.25) is 14.5 Å². The second-order valence-corrected chi connectivity index (χ2v) is 6.06. The van der Waals surface area contributed by atoms with Crippen molar-refractivity contribution in [3.05, 3.63) is 58.5 Å². The summed E-state index contributed by atoms with van der Waals surface area (Å²) in [5.41, 5.74) is 1.29. The van der Waals surface area contributed by atoms with Crippen molar-refractivity contribution in [3.8, 4) is 0 Å². The minimum atomic E-state index is -0.200. The molecule has 5 nitrogen and oxygen atoms in total. The van der Waals surface area contributed by atoms with Crippen LogP contribution in [0.25, 0.3) is 0 Å². The molecular formula is C18H18N2O3. The van der Waals surface area contributed by atoms with Crippen LogP contribution in [0.3, 0.4) is 0 Å². The smallest absolute Gasteiger partial charge is 0.229 e. The van der Waals surface area contributed by atoms with Crippen molar-refractivity contribution in [2.24, 2.45) is 0 Å². The fourth-order valence-corrected chi connectivity index (χ4v) is 3.35. The number of fused-ring (bicyclic) bond motifs is 2. The fourth-order valence-electron chi connectivity index (χ4n) is 3.35. The molecule has 1 fully saturated rings. The number of carbonyl (C=O) groups is 2. The van der Waals surface area contributed by atoms with Gasteiger partial charge in [-0.05, 0) is 13.0 Å². The maximum absolute atomic E-state index is 12.6. The first-order chi connectivity index (χ1) is 11.2. The molecule has 1 aliphatic carbocycles. The van der Waals surface area contributed by atoms with Crippen LogP contribution in [-0.4, -0.2) is 42.6 Å². The van der Waals surface area contributed by atoms with Crippen LogP contribution < -0.4 is 5.32 Å². The molecule has 1 atom stereocenters. The standard InChI is InChI=1S/C18H18N2O3/c1-11(20-8-6-19-7-9-20)15-10-14-16(21)12-4-2-3-5-13(12)17(22)18(14)23-15/h2-5,10-11,19H,6-9H2,1H3. The summed E-state index contributed by atoms with van der Waals surface area (Å²) in [4.78, 5) is 27.5. The van der Waals surface area contributed by atoms with Crippen LogP contribution in [0, 0.1) is 0 Å². The SMILES string of the molecule is CC(c1cc2c(o1)C(=O)c1ccccc1C2=O)N1CCNCC1. The van der Waals surface area contributed by atoms with Gasteiger partial charge in [-0.1, -0.05) is 24.3 Å². The summed E-state index contributed by atoms with van der Waals surface area (Å²) in [6.45, 7) is 5.78. The highest BCUT2D eigenvalue weighted by Gasteiger charge is 2.34. The number of benzene rings is 1. The topological polar surface area (TPSA) is 62.6 Å². The third-order valence-electron chi connectivity index (χ3n) is 4.73. The minimum Gasteiger partial charge on any atom is -0.455 e. The van der Waals surface area contributed by atoms with E-state index in [-0.39, 0.29) is 23.4 Å². The van der Waals surface area contributed by atoms with E-state index >= 15 is 0 Å². The van der Waals surface area contributed by atoms with Crippen molar-refractivity contribution >= 4 is 11.6 Å². The van der Waals surface area contributed by atoms with Crippen molar-refractivity contribution in [1.29, 1.82) is 0 Å². The van der Waals surface area contributed by atoms with Gasteiger partial charge < -0.3 is 9.73 Å². The van der Waals surface area contributed by atoms with Crippen molar-refractivity contribution < 1.29 is 14.0 Å². The molecule has 1 aromatic heterocycles. The predicted molar refractivity (Wildman–Crippen MR) is 84.9 cm³/mol. The van der Waals surface area contributed by atoms with Crippen LogP contribution in [0.4, 0.5) is 0 Å². The zero-order valence-corrected chi connectivity index (χ0v) is 13.0. The van der Waals surface area contributed by atoms with E-state index in [9.17, 15) is 9.59 Å². The average Bonchev–Trinajstić information content (AvgIpc) is 3.05. The lowest BCUT2D eigenvalue weighted by atomic mass is 9.88. The average molecular weight is 310 g/mol. The van der Waals surface area contributed by atoms with Gasteiger partial charge in [0.05, 0.1) is 11.6 Å². The zero-order valence-electron chi connectivity index (χ0n) is 13.0. The third-order valence-corrected chi connectivity index (χ3v) is 4.73. The minimum absolute atomic E-state index is 0.0476. The number of hydrogen-bond acceptors (Lipinski definition) is 5.